The number of imidazole rings is 1. The van der Waals surface area contributed by atoms with Crippen LogP contribution >= 0.6 is 0 Å². The first kappa shape index (κ1) is 13.3. The van der Waals surface area contributed by atoms with Crippen molar-refractivity contribution in [2.45, 2.75) is 32.6 Å². The zero-order valence-electron chi connectivity index (χ0n) is 11.2. The number of aliphatic carboxylic acids is 1. The number of aromatic amines is 1. The van der Waals surface area contributed by atoms with E-state index in [4.69, 9.17) is 5.11 Å². The van der Waals surface area contributed by atoms with Gasteiger partial charge in [0.05, 0.1) is 11.9 Å². The van der Waals surface area contributed by atoms with E-state index in [9.17, 15) is 4.79 Å². The van der Waals surface area contributed by atoms with Gasteiger partial charge in [-0.2, -0.15) is 0 Å². The number of hydrogen-bond donors (Lipinski definition) is 2. The van der Waals surface area contributed by atoms with Crippen molar-refractivity contribution >= 4 is 5.97 Å². The molecule has 1 unspecified atom stereocenters. The molecule has 0 saturated carbocycles. The number of aryl methyl sites for hydroxylation is 1. The second-order valence-corrected chi connectivity index (χ2v) is 4.69. The fraction of sp³-hybridized carbons (Fsp3) is 0.333. The fourth-order valence-corrected chi connectivity index (χ4v) is 1.96. The van der Waals surface area contributed by atoms with Gasteiger partial charge in [-0.3, -0.25) is 4.79 Å². The molecule has 1 heterocycles. The molecular weight excluding hydrogens is 240 g/mol. The second kappa shape index (κ2) is 5.69. The quantitative estimate of drug-likeness (QED) is 0.865. The Kier molecular flexibility index (Phi) is 4.00. The summed E-state index contributed by atoms with van der Waals surface area (Å²) in [4.78, 5) is 18.1. The largest absolute Gasteiger partial charge is 0.481 e. The van der Waals surface area contributed by atoms with Crippen LogP contribution in [0.3, 0.4) is 0 Å². The maximum Gasteiger partial charge on any atom is 0.313 e. The van der Waals surface area contributed by atoms with E-state index in [1.54, 1.807) is 13.1 Å². The summed E-state index contributed by atoms with van der Waals surface area (Å²) in [6.07, 6.45) is 3.89. The van der Waals surface area contributed by atoms with Crippen LogP contribution in [-0.4, -0.2) is 21.0 Å². The summed E-state index contributed by atoms with van der Waals surface area (Å²) >= 11 is 0. The molecule has 2 aromatic rings. The molecule has 100 valence electrons. The van der Waals surface area contributed by atoms with Crippen LogP contribution in [0.1, 0.15) is 37.6 Å². The zero-order valence-corrected chi connectivity index (χ0v) is 11.2. The van der Waals surface area contributed by atoms with E-state index in [2.05, 4.69) is 29.0 Å². The molecule has 0 aliphatic rings. The van der Waals surface area contributed by atoms with Gasteiger partial charge >= 0.3 is 5.97 Å². The number of H-pyrrole nitrogens is 1. The summed E-state index contributed by atoms with van der Waals surface area (Å²) in [7, 11) is 0. The molecule has 4 nitrogen and oxygen atoms in total. The summed E-state index contributed by atoms with van der Waals surface area (Å²) in [6, 6.07) is 8.27. The third kappa shape index (κ3) is 3.02. The number of hydrogen-bond acceptors (Lipinski definition) is 2. The Balaban J connectivity index is 2.20. The molecule has 0 amide bonds. The Morgan fingerprint density at radius 2 is 2.05 bits per heavy atom. The monoisotopic (exact) mass is 258 g/mol. The lowest BCUT2D eigenvalue weighted by molar-refractivity contribution is -0.138. The van der Waals surface area contributed by atoms with Crippen LogP contribution in [0.2, 0.25) is 0 Å². The number of benzene rings is 1. The number of nitrogens with zero attached hydrogens (tertiary/aromatic N) is 1. The number of aromatic nitrogens is 2. The van der Waals surface area contributed by atoms with E-state index in [0.717, 1.165) is 24.1 Å². The van der Waals surface area contributed by atoms with Crippen LogP contribution < -0.4 is 0 Å². The lowest BCUT2D eigenvalue weighted by atomic mass is 10.1. The average molecular weight is 258 g/mol. The van der Waals surface area contributed by atoms with E-state index in [0.29, 0.717) is 5.82 Å². The summed E-state index contributed by atoms with van der Waals surface area (Å²) in [5, 5.41) is 8.95. The molecule has 2 rings (SSSR count). The number of carboxylic acids is 1. The molecule has 0 bridgehead atoms. The highest BCUT2D eigenvalue weighted by molar-refractivity contribution is 5.74. The van der Waals surface area contributed by atoms with E-state index < -0.39 is 11.9 Å². The SMILES string of the molecule is CCCc1ccc(-c2cnc(C(C)C(=O)O)[nH]2)cc1. The molecule has 1 atom stereocenters. The number of carbonyl (C=O) groups is 1. The normalized spacial score (nSPS) is 12.3. The van der Waals surface area contributed by atoms with Gasteiger partial charge in [0.15, 0.2) is 0 Å². The first-order valence-electron chi connectivity index (χ1n) is 6.48. The van der Waals surface area contributed by atoms with Gasteiger partial charge in [-0.15, -0.1) is 0 Å². The molecule has 0 aliphatic heterocycles. The summed E-state index contributed by atoms with van der Waals surface area (Å²) in [6.45, 7) is 3.78. The molecule has 0 fully saturated rings. The van der Waals surface area contributed by atoms with E-state index in [1.807, 2.05) is 12.1 Å². The van der Waals surface area contributed by atoms with Gasteiger partial charge in [0, 0.05) is 0 Å². The van der Waals surface area contributed by atoms with Crippen molar-refractivity contribution in [1.82, 2.24) is 9.97 Å². The molecule has 1 aromatic heterocycles. The first-order chi connectivity index (χ1) is 9.11. The van der Waals surface area contributed by atoms with Gasteiger partial charge in [0.25, 0.3) is 0 Å². The van der Waals surface area contributed by atoms with Gasteiger partial charge in [-0.05, 0) is 24.5 Å². The highest BCUT2D eigenvalue weighted by Crippen LogP contribution is 2.21. The van der Waals surface area contributed by atoms with Crippen molar-refractivity contribution in [3.05, 3.63) is 41.9 Å². The maximum absolute atomic E-state index is 10.9. The van der Waals surface area contributed by atoms with Crippen LogP contribution in [0.4, 0.5) is 0 Å². The van der Waals surface area contributed by atoms with Gasteiger partial charge in [0.2, 0.25) is 0 Å². The molecule has 1 aromatic carbocycles. The Bertz CT molecular complexity index is 558. The predicted octanol–water partition coefficient (Wildman–Crippen LogP) is 3.22. The average Bonchev–Trinajstić information content (AvgIpc) is 2.88. The molecule has 19 heavy (non-hydrogen) atoms. The number of rotatable bonds is 5. The summed E-state index contributed by atoms with van der Waals surface area (Å²) in [5.74, 6) is -1.01. The summed E-state index contributed by atoms with van der Waals surface area (Å²) in [5.41, 5.74) is 3.19. The zero-order chi connectivity index (χ0) is 13.8. The standard InChI is InChI=1S/C15H18N2O2/c1-3-4-11-5-7-12(8-6-11)13-9-16-14(17-13)10(2)15(18)19/h5-10H,3-4H2,1-2H3,(H,16,17)(H,18,19). The summed E-state index contributed by atoms with van der Waals surface area (Å²) < 4.78 is 0. The Labute approximate surface area is 112 Å². The third-order valence-corrected chi connectivity index (χ3v) is 3.18. The van der Waals surface area contributed by atoms with Crippen LogP contribution in [0.5, 0.6) is 0 Å². The molecule has 0 radical (unpaired) electrons. The Hall–Kier alpha value is -2.10. The van der Waals surface area contributed by atoms with Crippen molar-refractivity contribution in [2.75, 3.05) is 0 Å². The number of nitrogens with one attached hydrogen (secondary N) is 1. The second-order valence-electron chi connectivity index (χ2n) is 4.69. The van der Waals surface area contributed by atoms with E-state index >= 15 is 0 Å². The van der Waals surface area contributed by atoms with E-state index in [-0.39, 0.29) is 0 Å². The minimum atomic E-state index is -0.876. The highest BCUT2D eigenvalue weighted by Gasteiger charge is 2.17. The number of carboxylic acid groups (broad SMARTS) is 1. The van der Waals surface area contributed by atoms with Crippen molar-refractivity contribution in [3.8, 4) is 11.3 Å². The van der Waals surface area contributed by atoms with Gasteiger partial charge < -0.3 is 10.1 Å². The van der Waals surface area contributed by atoms with Crippen molar-refractivity contribution < 1.29 is 9.90 Å². The van der Waals surface area contributed by atoms with Crippen molar-refractivity contribution in [1.29, 1.82) is 0 Å². The molecule has 0 aliphatic carbocycles. The fourth-order valence-electron chi connectivity index (χ4n) is 1.96. The molecule has 0 spiro atoms. The molecular formula is C15H18N2O2. The molecule has 2 N–H and O–H groups in total. The lowest BCUT2D eigenvalue weighted by Crippen LogP contribution is -2.08. The Morgan fingerprint density at radius 3 is 2.63 bits per heavy atom. The van der Waals surface area contributed by atoms with Crippen molar-refractivity contribution in [2.24, 2.45) is 0 Å². The Morgan fingerprint density at radius 1 is 1.37 bits per heavy atom. The molecule has 4 heteroatoms. The van der Waals surface area contributed by atoms with Gasteiger partial charge in [-0.25, -0.2) is 4.98 Å². The predicted molar refractivity (Wildman–Crippen MR) is 74.1 cm³/mol. The van der Waals surface area contributed by atoms with Crippen LogP contribution in [0, 0.1) is 0 Å². The smallest absolute Gasteiger partial charge is 0.313 e. The first-order valence-corrected chi connectivity index (χ1v) is 6.48. The maximum atomic E-state index is 10.9. The van der Waals surface area contributed by atoms with E-state index in [1.165, 1.54) is 5.56 Å². The van der Waals surface area contributed by atoms with Gasteiger partial charge in [0.1, 0.15) is 11.7 Å². The van der Waals surface area contributed by atoms with Gasteiger partial charge in [-0.1, -0.05) is 37.6 Å². The third-order valence-electron chi connectivity index (χ3n) is 3.18. The molecule has 0 saturated heterocycles. The minimum Gasteiger partial charge on any atom is -0.481 e. The lowest BCUT2D eigenvalue weighted by Gasteiger charge is -2.02. The van der Waals surface area contributed by atoms with Crippen LogP contribution in [-0.2, 0) is 11.2 Å². The van der Waals surface area contributed by atoms with Crippen LogP contribution in [0.25, 0.3) is 11.3 Å². The van der Waals surface area contributed by atoms with Crippen LogP contribution in [0.15, 0.2) is 30.5 Å². The topological polar surface area (TPSA) is 66.0 Å². The minimum absolute atomic E-state index is 0.486. The van der Waals surface area contributed by atoms with Crippen molar-refractivity contribution in [3.63, 3.8) is 0 Å². The highest BCUT2D eigenvalue weighted by atomic mass is 16.4.